The number of carbonyl (C=O) groups excluding carboxylic acids is 2. The molecule has 7 heteroatoms. The number of carbonyl (C=O) groups is 2. The molecule has 0 aliphatic heterocycles. The van der Waals surface area contributed by atoms with Crippen LogP contribution in [0.4, 0.5) is 5.69 Å². The minimum absolute atomic E-state index is 0.204. The van der Waals surface area contributed by atoms with Crippen LogP contribution in [0.15, 0.2) is 77.7 Å². The maximum absolute atomic E-state index is 12.6. The van der Waals surface area contributed by atoms with Gasteiger partial charge in [0, 0.05) is 16.8 Å². The van der Waals surface area contributed by atoms with Gasteiger partial charge < -0.3 is 11.1 Å². The number of rotatable bonds is 6. The molecule has 0 bridgehead atoms. The van der Waals surface area contributed by atoms with Gasteiger partial charge in [0.1, 0.15) is 0 Å². The van der Waals surface area contributed by atoms with Crippen LogP contribution in [0.1, 0.15) is 31.8 Å². The Morgan fingerprint density at radius 3 is 2.31 bits per heavy atom. The zero-order chi connectivity index (χ0) is 21.0. The van der Waals surface area contributed by atoms with Gasteiger partial charge in [-0.05, 0) is 60.5 Å². The predicted molar refractivity (Wildman–Crippen MR) is 111 cm³/mol. The van der Waals surface area contributed by atoms with E-state index < -0.39 is 15.7 Å². The predicted octanol–water partition coefficient (Wildman–Crippen LogP) is 3.32. The maximum atomic E-state index is 12.6. The number of hydrogen-bond acceptors (Lipinski definition) is 4. The second-order valence-corrected chi connectivity index (χ2v) is 8.61. The minimum atomic E-state index is -3.51. The van der Waals surface area contributed by atoms with Crippen molar-refractivity contribution >= 4 is 27.3 Å². The van der Waals surface area contributed by atoms with Crippen molar-refractivity contribution in [3.63, 3.8) is 0 Å². The lowest BCUT2D eigenvalue weighted by Crippen LogP contribution is -2.15. The van der Waals surface area contributed by atoms with E-state index in [1.54, 1.807) is 79.7 Å². The average Bonchev–Trinajstić information content (AvgIpc) is 2.68. The zero-order valence-electron chi connectivity index (χ0n) is 15.8. The van der Waals surface area contributed by atoms with Crippen LogP contribution in [0, 0.1) is 6.92 Å². The molecule has 29 heavy (non-hydrogen) atoms. The zero-order valence-corrected chi connectivity index (χ0v) is 16.6. The summed E-state index contributed by atoms with van der Waals surface area (Å²) in [5, 5.41) is 2.75. The van der Waals surface area contributed by atoms with E-state index in [4.69, 9.17) is 5.73 Å². The molecule has 6 nitrogen and oxygen atoms in total. The van der Waals surface area contributed by atoms with Gasteiger partial charge in [0.25, 0.3) is 5.91 Å². The van der Waals surface area contributed by atoms with Crippen molar-refractivity contribution in [2.45, 2.75) is 17.6 Å². The van der Waals surface area contributed by atoms with E-state index in [2.05, 4.69) is 5.32 Å². The number of benzene rings is 3. The van der Waals surface area contributed by atoms with Crippen molar-refractivity contribution in [2.24, 2.45) is 5.73 Å². The third kappa shape index (κ3) is 4.89. The summed E-state index contributed by atoms with van der Waals surface area (Å²) in [6.07, 6.45) is 0. The summed E-state index contributed by atoms with van der Waals surface area (Å²) < 4.78 is 25.1. The lowest BCUT2D eigenvalue weighted by molar-refractivity contribution is 0.0997. The van der Waals surface area contributed by atoms with Gasteiger partial charge in [-0.15, -0.1) is 0 Å². The largest absolute Gasteiger partial charge is 0.366 e. The fourth-order valence-electron chi connectivity index (χ4n) is 2.95. The van der Waals surface area contributed by atoms with Gasteiger partial charge in [0.15, 0.2) is 9.84 Å². The van der Waals surface area contributed by atoms with Crippen molar-refractivity contribution in [3.8, 4) is 0 Å². The number of primary amides is 1. The minimum Gasteiger partial charge on any atom is -0.366 e. The van der Waals surface area contributed by atoms with Gasteiger partial charge in [-0.2, -0.15) is 0 Å². The van der Waals surface area contributed by atoms with Crippen molar-refractivity contribution < 1.29 is 18.0 Å². The molecule has 0 unspecified atom stereocenters. The molecule has 3 aromatic carbocycles. The monoisotopic (exact) mass is 408 g/mol. The summed E-state index contributed by atoms with van der Waals surface area (Å²) in [4.78, 5) is 24.1. The van der Waals surface area contributed by atoms with E-state index >= 15 is 0 Å². The van der Waals surface area contributed by atoms with Crippen LogP contribution in [-0.4, -0.2) is 20.2 Å². The van der Waals surface area contributed by atoms with Crippen LogP contribution in [0.2, 0.25) is 0 Å². The molecule has 0 saturated carbocycles. The topological polar surface area (TPSA) is 106 Å². The second kappa shape index (κ2) is 8.28. The molecular weight excluding hydrogens is 388 g/mol. The summed E-state index contributed by atoms with van der Waals surface area (Å²) in [6.45, 7) is 1.73. The first-order chi connectivity index (χ1) is 13.8. The Hall–Kier alpha value is -3.45. The number of anilines is 1. The highest BCUT2D eigenvalue weighted by Crippen LogP contribution is 2.19. The Bertz CT molecular complexity index is 1170. The Labute approximate surface area is 169 Å². The summed E-state index contributed by atoms with van der Waals surface area (Å²) in [5.74, 6) is -1.12. The third-order valence-electron chi connectivity index (χ3n) is 4.40. The summed E-state index contributed by atoms with van der Waals surface area (Å²) in [6, 6.07) is 19.5. The number of sulfone groups is 1. The SMILES string of the molecule is Cc1cc(NC(=O)c2cccc(CS(=O)(=O)c3ccccc3)c2)ccc1C(N)=O. The molecule has 0 aromatic heterocycles. The summed E-state index contributed by atoms with van der Waals surface area (Å²) in [7, 11) is -3.51. The summed E-state index contributed by atoms with van der Waals surface area (Å²) in [5.41, 5.74) is 7.69. The number of hydrogen-bond donors (Lipinski definition) is 2. The molecule has 148 valence electrons. The molecule has 0 atom stereocenters. The van der Waals surface area contributed by atoms with Crippen molar-refractivity contribution in [1.82, 2.24) is 0 Å². The Morgan fingerprint density at radius 2 is 1.66 bits per heavy atom. The van der Waals surface area contributed by atoms with Crippen molar-refractivity contribution in [3.05, 3.63) is 95.1 Å². The average molecular weight is 408 g/mol. The first-order valence-corrected chi connectivity index (χ1v) is 10.5. The van der Waals surface area contributed by atoms with Gasteiger partial charge in [-0.1, -0.05) is 30.3 Å². The Balaban J connectivity index is 1.78. The molecule has 0 radical (unpaired) electrons. The van der Waals surface area contributed by atoms with Crippen LogP contribution in [0.25, 0.3) is 0 Å². The van der Waals surface area contributed by atoms with Gasteiger partial charge in [0.05, 0.1) is 10.6 Å². The fraction of sp³-hybridized carbons (Fsp3) is 0.0909. The lowest BCUT2D eigenvalue weighted by Gasteiger charge is -2.10. The molecule has 3 N–H and O–H groups in total. The number of nitrogens with two attached hydrogens (primary N) is 1. The molecule has 0 heterocycles. The third-order valence-corrected chi connectivity index (χ3v) is 6.10. The Morgan fingerprint density at radius 1 is 0.931 bits per heavy atom. The van der Waals surface area contributed by atoms with Gasteiger partial charge in [0.2, 0.25) is 5.91 Å². The quantitative estimate of drug-likeness (QED) is 0.652. The summed E-state index contributed by atoms with van der Waals surface area (Å²) >= 11 is 0. The van der Waals surface area contributed by atoms with E-state index in [9.17, 15) is 18.0 Å². The number of amides is 2. The van der Waals surface area contributed by atoms with E-state index in [1.807, 2.05) is 0 Å². The van der Waals surface area contributed by atoms with Gasteiger partial charge >= 0.3 is 0 Å². The molecule has 3 rings (SSSR count). The fourth-order valence-corrected chi connectivity index (χ4v) is 4.31. The molecule has 0 spiro atoms. The first-order valence-electron chi connectivity index (χ1n) is 8.85. The molecule has 0 saturated heterocycles. The highest BCUT2D eigenvalue weighted by atomic mass is 32.2. The highest BCUT2D eigenvalue weighted by Gasteiger charge is 2.16. The standard InChI is InChI=1S/C22H20N2O4S/c1-15-12-18(10-11-20(15)21(23)25)24-22(26)17-7-5-6-16(13-17)14-29(27,28)19-8-3-2-4-9-19/h2-13H,14H2,1H3,(H2,23,25)(H,24,26). The smallest absolute Gasteiger partial charge is 0.255 e. The first kappa shape index (κ1) is 20.3. The molecule has 0 fully saturated rings. The van der Waals surface area contributed by atoms with Crippen LogP contribution in [-0.2, 0) is 15.6 Å². The highest BCUT2D eigenvalue weighted by molar-refractivity contribution is 7.90. The molecule has 0 aliphatic rings. The van der Waals surface area contributed by atoms with E-state index in [0.717, 1.165) is 0 Å². The number of nitrogens with one attached hydrogen (secondary N) is 1. The van der Waals surface area contributed by atoms with E-state index in [-0.39, 0.29) is 16.6 Å². The Kier molecular flexibility index (Phi) is 5.79. The van der Waals surface area contributed by atoms with Crippen LogP contribution in [0.3, 0.4) is 0 Å². The molecule has 2 amide bonds. The van der Waals surface area contributed by atoms with Crippen LogP contribution in [0.5, 0.6) is 0 Å². The van der Waals surface area contributed by atoms with E-state index in [0.29, 0.717) is 27.9 Å². The van der Waals surface area contributed by atoms with Crippen molar-refractivity contribution in [1.29, 1.82) is 0 Å². The van der Waals surface area contributed by atoms with Gasteiger partial charge in [-0.3, -0.25) is 9.59 Å². The lowest BCUT2D eigenvalue weighted by atomic mass is 10.1. The molecule has 3 aromatic rings. The van der Waals surface area contributed by atoms with E-state index in [1.165, 1.54) is 0 Å². The normalized spacial score (nSPS) is 11.1. The second-order valence-electron chi connectivity index (χ2n) is 6.62. The maximum Gasteiger partial charge on any atom is 0.255 e. The molecule has 0 aliphatic carbocycles. The number of aryl methyl sites for hydroxylation is 1. The van der Waals surface area contributed by atoms with Crippen molar-refractivity contribution in [2.75, 3.05) is 5.32 Å². The van der Waals surface area contributed by atoms with Crippen LogP contribution >= 0.6 is 0 Å². The van der Waals surface area contributed by atoms with Gasteiger partial charge in [-0.25, -0.2) is 8.42 Å². The van der Waals surface area contributed by atoms with Crippen LogP contribution < -0.4 is 11.1 Å². The molecular formula is C22H20N2O4S.